The normalized spacial score (nSPS) is 14.9. The van der Waals surface area contributed by atoms with Crippen molar-refractivity contribution in [2.75, 3.05) is 26.3 Å². The van der Waals surface area contributed by atoms with Crippen LogP contribution in [0.3, 0.4) is 0 Å². The molecule has 0 bridgehead atoms. The molecule has 0 aliphatic carbocycles. The summed E-state index contributed by atoms with van der Waals surface area (Å²) in [5.74, 6) is -2.73. The Morgan fingerprint density at radius 1 is 0.682 bits per heavy atom. The topological polar surface area (TPSA) is 180 Å². The second kappa shape index (κ2) is 10.9. The van der Waals surface area contributed by atoms with Crippen molar-refractivity contribution in [3.63, 3.8) is 0 Å². The number of ether oxygens (including phenoxy) is 2. The van der Waals surface area contributed by atoms with Crippen LogP contribution in [0, 0.1) is 20.2 Å². The highest BCUT2D eigenvalue weighted by molar-refractivity contribution is 6.26. The predicted octanol–water partition coefficient (Wildman–Crippen LogP) is 4.08. The highest BCUT2D eigenvalue weighted by Gasteiger charge is 2.37. The molecule has 0 saturated carbocycles. The summed E-state index contributed by atoms with van der Waals surface area (Å²) in [7, 11) is 0. The molecule has 0 fully saturated rings. The van der Waals surface area contributed by atoms with Crippen molar-refractivity contribution in [2.45, 2.75) is 13.2 Å². The van der Waals surface area contributed by atoms with Crippen LogP contribution in [0.5, 0.6) is 0 Å². The summed E-state index contributed by atoms with van der Waals surface area (Å²) in [5.41, 5.74) is -0.196. The highest BCUT2D eigenvalue weighted by Crippen LogP contribution is 2.35. The number of nitro groups is 2. The zero-order valence-electron chi connectivity index (χ0n) is 23.1. The van der Waals surface area contributed by atoms with Crippen molar-refractivity contribution in [1.29, 1.82) is 0 Å². The van der Waals surface area contributed by atoms with E-state index in [1.54, 1.807) is 31.2 Å². The molecule has 1 unspecified atom stereocenters. The second-order valence-corrected chi connectivity index (χ2v) is 10.0. The lowest BCUT2D eigenvalue weighted by Gasteiger charge is -2.31. The number of hydrogen-bond donors (Lipinski definition) is 0. The van der Waals surface area contributed by atoms with Gasteiger partial charge in [0.15, 0.2) is 6.29 Å². The zero-order chi connectivity index (χ0) is 31.3. The van der Waals surface area contributed by atoms with E-state index in [1.165, 1.54) is 24.3 Å². The van der Waals surface area contributed by atoms with Crippen LogP contribution in [0.2, 0.25) is 0 Å². The van der Waals surface area contributed by atoms with Gasteiger partial charge < -0.3 is 9.47 Å². The predicted molar refractivity (Wildman–Crippen MR) is 153 cm³/mol. The molecule has 2 heterocycles. The Labute approximate surface area is 247 Å². The highest BCUT2D eigenvalue weighted by atomic mass is 16.7. The number of benzene rings is 4. The van der Waals surface area contributed by atoms with E-state index in [-0.39, 0.29) is 59.9 Å². The van der Waals surface area contributed by atoms with Gasteiger partial charge in [-0.1, -0.05) is 24.3 Å². The van der Waals surface area contributed by atoms with E-state index in [0.717, 1.165) is 21.9 Å². The van der Waals surface area contributed by atoms with Crippen molar-refractivity contribution in [2.24, 2.45) is 0 Å². The van der Waals surface area contributed by atoms with Gasteiger partial charge >= 0.3 is 0 Å². The first-order chi connectivity index (χ1) is 21.1. The third-order valence-corrected chi connectivity index (χ3v) is 7.55. The van der Waals surface area contributed by atoms with E-state index in [0.29, 0.717) is 21.5 Å². The molecule has 0 aromatic heterocycles. The van der Waals surface area contributed by atoms with Gasteiger partial charge in [-0.15, -0.1) is 0 Å². The first-order valence-electron chi connectivity index (χ1n) is 13.5. The summed E-state index contributed by atoms with van der Waals surface area (Å²) < 4.78 is 11.4. The third-order valence-electron chi connectivity index (χ3n) is 7.55. The van der Waals surface area contributed by atoms with Crippen LogP contribution < -0.4 is 0 Å². The van der Waals surface area contributed by atoms with Gasteiger partial charge in [0.1, 0.15) is 0 Å². The average Bonchev–Trinajstić information content (AvgIpc) is 3.01. The van der Waals surface area contributed by atoms with E-state index >= 15 is 0 Å². The van der Waals surface area contributed by atoms with Crippen LogP contribution in [0.4, 0.5) is 11.4 Å². The SMILES string of the molecule is CCOC(CN1C(=O)c2cccc3cc([N+](=O)[O-])cc(c23)C1=O)OCCN1C(=O)c2cccc3cc([N+](=O)[O-])cc(c23)C1=O. The number of non-ortho nitro benzene ring substituents is 2. The minimum Gasteiger partial charge on any atom is -0.351 e. The number of carbonyl (C=O) groups excluding carboxylic acids is 4. The summed E-state index contributed by atoms with van der Waals surface area (Å²) in [5, 5.41) is 24.3. The minimum absolute atomic E-state index is 0.00825. The standard InChI is InChI=1S/C30H22N4O10/c1-2-43-24(15-32-28(36)21-8-4-6-17-12-19(34(41)42)14-23(26(17)21)30(32)38)44-10-9-31-27(35)20-7-3-5-16-11-18(33(39)40)13-22(25(16)20)29(31)37/h3-8,11-14,24H,2,9-10,15H2,1H3. The lowest BCUT2D eigenvalue weighted by Crippen LogP contribution is -2.47. The Morgan fingerprint density at radius 2 is 1.16 bits per heavy atom. The van der Waals surface area contributed by atoms with E-state index in [1.807, 2.05) is 0 Å². The van der Waals surface area contributed by atoms with E-state index in [9.17, 15) is 39.4 Å². The van der Waals surface area contributed by atoms with Crippen LogP contribution in [0.25, 0.3) is 21.5 Å². The number of hydrogen-bond acceptors (Lipinski definition) is 10. The van der Waals surface area contributed by atoms with Crippen molar-refractivity contribution in [3.05, 3.63) is 103 Å². The molecule has 0 N–H and O–H groups in total. The number of rotatable bonds is 10. The summed E-state index contributed by atoms with van der Waals surface area (Å²) in [6.45, 7) is 0.906. The van der Waals surface area contributed by atoms with Gasteiger partial charge in [-0.25, -0.2) is 0 Å². The van der Waals surface area contributed by atoms with Crippen LogP contribution >= 0.6 is 0 Å². The fourth-order valence-corrected chi connectivity index (χ4v) is 5.63. The van der Waals surface area contributed by atoms with Gasteiger partial charge in [-0.3, -0.25) is 49.2 Å². The Balaban J connectivity index is 1.22. The van der Waals surface area contributed by atoms with Crippen LogP contribution in [-0.2, 0) is 9.47 Å². The molecule has 2 aliphatic heterocycles. The second-order valence-electron chi connectivity index (χ2n) is 10.0. The van der Waals surface area contributed by atoms with Gasteiger partial charge in [-0.05, 0) is 29.8 Å². The molecule has 0 radical (unpaired) electrons. The van der Waals surface area contributed by atoms with Gasteiger partial charge in [0.25, 0.3) is 35.0 Å². The van der Waals surface area contributed by atoms with Gasteiger partial charge in [0.2, 0.25) is 0 Å². The number of nitro benzene ring substituents is 2. The zero-order valence-corrected chi connectivity index (χ0v) is 23.1. The molecule has 14 heteroatoms. The van der Waals surface area contributed by atoms with E-state index < -0.39 is 39.8 Å². The fraction of sp³-hybridized carbons (Fsp3) is 0.200. The molecule has 4 amide bonds. The maximum atomic E-state index is 13.4. The van der Waals surface area contributed by atoms with Crippen LogP contribution in [0.15, 0.2) is 60.7 Å². The Bertz CT molecular complexity index is 1960. The minimum atomic E-state index is -1.17. The van der Waals surface area contributed by atoms with Crippen LogP contribution in [0.1, 0.15) is 48.4 Å². The smallest absolute Gasteiger partial charge is 0.270 e. The van der Waals surface area contributed by atoms with Gasteiger partial charge in [0.05, 0.1) is 40.7 Å². The van der Waals surface area contributed by atoms with Gasteiger partial charge in [-0.2, -0.15) is 0 Å². The van der Waals surface area contributed by atoms with E-state index in [2.05, 4.69) is 0 Å². The largest absolute Gasteiger partial charge is 0.351 e. The lowest BCUT2D eigenvalue weighted by atomic mass is 9.93. The molecule has 14 nitrogen and oxygen atoms in total. The molecule has 6 rings (SSSR count). The Hall–Kier alpha value is -5.60. The first kappa shape index (κ1) is 28.5. The lowest BCUT2D eigenvalue weighted by molar-refractivity contribution is -0.384. The summed E-state index contributed by atoms with van der Waals surface area (Å²) in [6.07, 6.45) is -1.17. The molecule has 44 heavy (non-hydrogen) atoms. The monoisotopic (exact) mass is 598 g/mol. The number of amides is 4. The number of carbonyl (C=O) groups is 4. The Kier molecular flexibility index (Phi) is 7.07. The third kappa shape index (κ3) is 4.62. The van der Waals surface area contributed by atoms with E-state index in [4.69, 9.17) is 9.47 Å². The quantitative estimate of drug-likeness (QED) is 0.112. The summed E-state index contributed by atoms with van der Waals surface area (Å²) in [6, 6.07) is 14.2. The van der Waals surface area contributed by atoms with Gasteiger partial charge in [0, 0.05) is 52.8 Å². The molecule has 222 valence electrons. The van der Waals surface area contributed by atoms with Crippen molar-refractivity contribution in [3.8, 4) is 0 Å². The molecule has 0 saturated heterocycles. The van der Waals surface area contributed by atoms with Crippen molar-refractivity contribution < 1.29 is 38.5 Å². The summed E-state index contributed by atoms with van der Waals surface area (Å²) in [4.78, 5) is 76.9. The van der Waals surface area contributed by atoms with Crippen molar-refractivity contribution >= 4 is 56.5 Å². The molecule has 4 aromatic carbocycles. The molecular formula is C30H22N4O10. The Morgan fingerprint density at radius 3 is 1.66 bits per heavy atom. The maximum absolute atomic E-state index is 13.4. The summed E-state index contributed by atoms with van der Waals surface area (Å²) >= 11 is 0. The fourth-order valence-electron chi connectivity index (χ4n) is 5.63. The molecular weight excluding hydrogens is 576 g/mol. The molecule has 2 aliphatic rings. The first-order valence-corrected chi connectivity index (χ1v) is 13.5. The average molecular weight is 599 g/mol. The number of nitrogens with zero attached hydrogens (tertiary/aromatic N) is 4. The molecule has 4 aromatic rings. The maximum Gasteiger partial charge on any atom is 0.270 e. The van der Waals surface area contributed by atoms with Crippen molar-refractivity contribution in [1.82, 2.24) is 9.80 Å². The number of imide groups is 2. The molecule has 0 spiro atoms. The van der Waals surface area contributed by atoms with Crippen LogP contribution in [-0.4, -0.2) is 75.9 Å². The molecule has 1 atom stereocenters.